The lowest BCUT2D eigenvalue weighted by Crippen LogP contribution is -2.38. The van der Waals surface area contributed by atoms with Gasteiger partial charge in [-0.3, -0.25) is 10.1 Å². The van der Waals surface area contributed by atoms with Gasteiger partial charge in [0.15, 0.2) is 0 Å². The van der Waals surface area contributed by atoms with E-state index in [-0.39, 0.29) is 11.3 Å². The molecule has 0 radical (unpaired) electrons. The van der Waals surface area contributed by atoms with Gasteiger partial charge >= 0.3 is 5.69 Å². The number of para-hydroxylation sites is 1. The van der Waals surface area contributed by atoms with Gasteiger partial charge in [-0.1, -0.05) is 13.0 Å². The van der Waals surface area contributed by atoms with Crippen LogP contribution >= 0.6 is 0 Å². The van der Waals surface area contributed by atoms with Crippen LogP contribution in [0.5, 0.6) is 0 Å². The molecule has 0 saturated carbocycles. The van der Waals surface area contributed by atoms with Crippen molar-refractivity contribution in [3.05, 3.63) is 33.9 Å². The van der Waals surface area contributed by atoms with E-state index in [0.29, 0.717) is 11.7 Å². The average molecular weight is 288 g/mol. The zero-order chi connectivity index (χ0) is 15.2. The van der Waals surface area contributed by atoms with Crippen molar-refractivity contribution in [1.29, 1.82) is 5.26 Å². The summed E-state index contributed by atoms with van der Waals surface area (Å²) in [4.78, 5) is 12.9. The maximum absolute atomic E-state index is 11.4. The minimum Gasteiger partial charge on any atom is -0.364 e. The third-order valence-corrected chi connectivity index (χ3v) is 3.76. The van der Waals surface area contributed by atoms with Crippen molar-refractivity contribution in [3.63, 3.8) is 0 Å². The SMILES string of the molecule is CCCN(CC1CCCN1)c1cccc(C#N)c1[N+](=O)[O-]. The molecule has 6 heteroatoms. The van der Waals surface area contributed by atoms with Crippen molar-refractivity contribution in [2.75, 3.05) is 24.5 Å². The van der Waals surface area contributed by atoms with Crippen LogP contribution in [-0.2, 0) is 0 Å². The molecule has 1 N–H and O–H groups in total. The maximum atomic E-state index is 11.4. The number of rotatable bonds is 6. The Bertz CT molecular complexity index is 547. The lowest BCUT2D eigenvalue weighted by Gasteiger charge is -2.27. The molecule has 1 atom stereocenters. The number of nitrogens with zero attached hydrogens (tertiary/aromatic N) is 3. The minimum atomic E-state index is -0.446. The van der Waals surface area contributed by atoms with Crippen LogP contribution in [0.25, 0.3) is 0 Å². The molecule has 112 valence electrons. The zero-order valence-electron chi connectivity index (χ0n) is 12.2. The molecule has 1 aliphatic heterocycles. The van der Waals surface area contributed by atoms with E-state index in [1.54, 1.807) is 12.1 Å². The predicted octanol–water partition coefficient (Wildman–Crippen LogP) is 2.43. The van der Waals surface area contributed by atoms with Gasteiger partial charge in [-0.15, -0.1) is 0 Å². The largest absolute Gasteiger partial charge is 0.364 e. The van der Waals surface area contributed by atoms with Crippen molar-refractivity contribution in [1.82, 2.24) is 5.32 Å². The second kappa shape index (κ2) is 7.04. The average Bonchev–Trinajstić information content (AvgIpc) is 2.98. The Kier molecular flexibility index (Phi) is 5.12. The number of nitrogens with one attached hydrogen (secondary N) is 1. The lowest BCUT2D eigenvalue weighted by atomic mass is 10.1. The minimum absolute atomic E-state index is 0.0774. The number of anilines is 1. The summed E-state index contributed by atoms with van der Waals surface area (Å²) in [6.07, 6.45) is 3.14. The molecule has 0 aliphatic carbocycles. The topological polar surface area (TPSA) is 82.2 Å². The number of nitro benzene ring substituents is 1. The molecule has 0 amide bonds. The van der Waals surface area contributed by atoms with Crippen LogP contribution in [0, 0.1) is 21.4 Å². The molecule has 2 rings (SSSR count). The Morgan fingerprint density at radius 2 is 2.38 bits per heavy atom. The number of nitro groups is 1. The van der Waals surface area contributed by atoms with E-state index >= 15 is 0 Å². The normalized spacial score (nSPS) is 17.4. The van der Waals surface area contributed by atoms with Crippen molar-refractivity contribution < 1.29 is 4.92 Å². The van der Waals surface area contributed by atoms with Crippen molar-refractivity contribution in [3.8, 4) is 6.07 Å². The van der Waals surface area contributed by atoms with Crippen LogP contribution in [0.15, 0.2) is 18.2 Å². The molecule has 1 aromatic carbocycles. The molecule has 21 heavy (non-hydrogen) atoms. The molecule has 1 aliphatic rings. The van der Waals surface area contributed by atoms with E-state index in [0.717, 1.165) is 38.9 Å². The highest BCUT2D eigenvalue weighted by molar-refractivity contribution is 5.69. The molecule has 0 bridgehead atoms. The first kappa shape index (κ1) is 15.3. The summed E-state index contributed by atoms with van der Waals surface area (Å²) >= 11 is 0. The van der Waals surface area contributed by atoms with Crippen molar-refractivity contribution >= 4 is 11.4 Å². The summed E-state index contributed by atoms with van der Waals surface area (Å²) < 4.78 is 0. The van der Waals surface area contributed by atoms with Gasteiger partial charge in [0, 0.05) is 19.1 Å². The molecular formula is C15H20N4O2. The first-order valence-electron chi connectivity index (χ1n) is 7.33. The Labute approximate surface area is 124 Å². The molecule has 0 spiro atoms. The monoisotopic (exact) mass is 288 g/mol. The van der Waals surface area contributed by atoms with Gasteiger partial charge < -0.3 is 10.2 Å². The van der Waals surface area contributed by atoms with Gasteiger partial charge in [0.2, 0.25) is 0 Å². The van der Waals surface area contributed by atoms with Gasteiger partial charge in [-0.2, -0.15) is 5.26 Å². The van der Waals surface area contributed by atoms with E-state index in [1.807, 2.05) is 11.0 Å². The molecule has 0 aromatic heterocycles. The summed E-state index contributed by atoms with van der Waals surface area (Å²) in [7, 11) is 0. The number of benzene rings is 1. The van der Waals surface area contributed by atoms with Gasteiger partial charge in [-0.05, 0) is 37.9 Å². The predicted molar refractivity (Wildman–Crippen MR) is 81.3 cm³/mol. The molecule has 1 fully saturated rings. The van der Waals surface area contributed by atoms with E-state index < -0.39 is 4.92 Å². The van der Waals surface area contributed by atoms with Crippen LogP contribution < -0.4 is 10.2 Å². The Balaban J connectivity index is 2.34. The first-order valence-corrected chi connectivity index (χ1v) is 7.33. The maximum Gasteiger partial charge on any atom is 0.310 e. The second-order valence-corrected chi connectivity index (χ2v) is 5.28. The Morgan fingerprint density at radius 1 is 1.57 bits per heavy atom. The van der Waals surface area contributed by atoms with Gasteiger partial charge in [0.05, 0.1) is 4.92 Å². The highest BCUT2D eigenvalue weighted by Crippen LogP contribution is 2.32. The van der Waals surface area contributed by atoms with Crippen LogP contribution in [0.1, 0.15) is 31.7 Å². The Hall–Kier alpha value is -2.13. The van der Waals surface area contributed by atoms with Crippen LogP contribution in [-0.4, -0.2) is 30.6 Å². The fraction of sp³-hybridized carbons (Fsp3) is 0.533. The highest BCUT2D eigenvalue weighted by atomic mass is 16.6. The summed E-state index contributed by atoms with van der Waals surface area (Å²) in [5, 5.41) is 23.9. The standard InChI is InChI=1S/C15H20N4O2/c1-2-9-18(11-13-6-4-8-17-13)14-7-3-5-12(10-16)15(14)19(20)21/h3,5,7,13,17H,2,4,6,8-9,11H2,1H3. The smallest absolute Gasteiger partial charge is 0.310 e. The zero-order valence-corrected chi connectivity index (χ0v) is 12.2. The van der Waals surface area contributed by atoms with Gasteiger partial charge in [0.1, 0.15) is 17.3 Å². The van der Waals surface area contributed by atoms with Crippen molar-refractivity contribution in [2.45, 2.75) is 32.2 Å². The second-order valence-electron chi connectivity index (χ2n) is 5.28. The van der Waals surface area contributed by atoms with Gasteiger partial charge in [0.25, 0.3) is 0 Å². The molecule has 1 heterocycles. The van der Waals surface area contributed by atoms with E-state index in [2.05, 4.69) is 12.2 Å². The van der Waals surface area contributed by atoms with E-state index in [4.69, 9.17) is 5.26 Å². The quantitative estimate of drug-likeness (QED) is 0.642. The molecule has 1 saturated heterocycles. The van der Waals surface area contributed by atoms with Crippen molar-refractivity contribution in [2.24, 2.45) is 0 Å². The molecule has 1 aromatic rings. The summed E-state index contributed by atoms with van der Waals surface area (Å²) in [6.45, 7) is 4.54. The van der Waals surface area contributed by atoms with E-state index in [1.165, 1.54) is 6.07 Å². The third kappa shape index (κ3) is 3.50. The number of hydrogen-bond acceptors (Lipinski definition) is 5. The van der Waals surface area contributed by atoms with Crippen LogP contribution in [0.3, 0.4) is 0 Å². The third-order valence-electron chi connectivity index (χ3n) is 3.76. The fourth-order valence-corrected chi connectivity index (χ4v) is 2.83. The highest BCUT2D eigenvalue weighted by Gasteiger charge is 2.26. The summed E-state index contributed by atoms with van der Waals surface area (Å²) in [5.41, 5.74) is 0.596. The van der Waals surface area contributed by atoms with Crippen LogP contribution in [0.4, 0.5) is 11.4 Å². The number of nitriles is 1. The fourth-order valence-electron chi connectivity index (χ4n) is 2.83. The van der Waals surface area contributed by atoms with E-state index in [9.17, 15) is 10.1 Å². The van der Waals surface area contributed by atoms with Gasteiger partial charge in [-0.25, -0.2) is 0 Å². The lowest BCUT2D eigenvalue weighted by molar-refractivity contribution is -0.384. The molecular weight excluding hydrogens is 268 g/mol. The summed E-state index contributed by atoms with van der Waals surface area (Å²) in [5.74, 6) is 0. The van der Waals surface area contributed by atoms with Crippen LogP contribution in [0.2, 0.25) is 0 Å². The summed E-state index contributed by atoms with van der Waals surface area (Å²) in [6, 6.07) is 7.24. The number of hydrogen-bond donors (Lipinski definition) is 1. The molecule has 1 unspecified atom stereocenters. The first-order chi connectivity index (χ1) is 10.2. The Morgan fingerprint density at radius 3 is 2.95 bits per heavy atom. The molecule has 6 nitrogen and oxygen atoms in total.